The fourth-order valence-corrected chi connectivity index (χ4v) is 4.81. The monoisotopic (exact) mass is 334 g/mol. The van der Waals surface area contributed by atoms with Gasteiger partial charge in [0.25, 0.3) is 0 Å². The van der Waals surface area contributed by atoms with E-state index < -0.39 is 0 Å². The van der Waals surface area contributed by atoms with Gasteiger partial charge in [0.1, 0.15) is 0 Å². The lowest BCUT2D eigenvalue weighted by Crippen LogP contribution is -2.23. The van der Waals surface area contributed by atoms with E-state index >= 15 is 0 Å². The maximum atomic E-state index is 6.01. The molecule has 0 radical (unpaired) electrons. The highest BCUT2D eigenvalue weighted by Gasteiger charge is 2.24. The van der Waals surface area contributed by atoms with Gasteiger partial charge in [-0.15, -0.1) is 6.58 Å². The Labute approximate surface area is 151 Å². The second-order valence-corrected chi connectivity index (χ2v) is 8.55. The third-order valence-corrected chi connectivity index (χ3v) is 6.62. The highest BCUT2D eigenvalue weighted by atomic mass is 16.5. The van der Waals surface area contributed by atoms with Gasteiger partial charge in [0, 0.05) is 6.61 Å². The topological polar surface area (TPSA) is 9.23 Å². The molecule has 2 fully saturated rings. The molecule has 0 atom stereocenters. The van der Waals surface area contributed by atoms with Gasteiger partial charge in [-0.3, -0.25) is 0 Å². The Kier molecular flexibility index (Phi) is 10.1. The van der Waals surface area contributed by atoms with Gasteiger partial charge >= 0.3 is 0 Å². The highest BCUT2D eigenvalue weighted by Crippen LogP contribution is 2.37. The van der Waals surface area contributed by atoms with E-state index in [9.17, 15) is 0 Å². The van der Waals surface area contributed by atoms with Crippen LogP contribution < -0.4 is 0 Å². The molecular formula is C23H42O. The highest BCUT2D eigenvalue weighted by molar-refractivity contribution is 4.77. The predicted molar refractivity (Wildman–Crippen MR) is 105 cm³/mol. The van der Waals surface area contributed by atoms with Gasteiger partial charge in [0.15, 0.2) is 0 Å². The molecule has 0 aromatic heterocycles. The summed E-state index contributed by atoms with van der Waals surface area (Å²) in [5, 5.41) is 0. The zero-order chi connectivity index (χ0) is 17.0. The third-order valence-electron chi connectivity index (χ3n) is 6.62. The largest absolute Gasteiger partial charge is 0.378 e. The summed E-state index contributed by atoms with van der Waals surface area (Å²) in [5.74, 6) is 3.07. The van der Waals surface area contributed by atoms with Gasteiger partial charge in [-0.1, -0.05) is 64.4 Å². The van der Waals surface area contributed by atoms with Gasteiger partial charge < -0.3 is 4.74 Å². The third kappa shape index (κ3) is 7.72. The van der Waals surface area contributed by atoms with Gasteiger partial charge in [-0.05, 0) is 62.7 Å². The fraction of sp³-hybridized carbons (Fsp3) is 0.913. The minimum Gasteiger partial charge on any atom is -0.378 e. The average molecular weight is 335 g/mol. The Morgan fingerprint density at radius 2 is 1.33 bits per heavy atom. The molecule has 24 heavy (non-hydrogen) atoms. The van der Waals surface area contributed by atoms with E-state index in [1.165, 1.54) is 96.3 Å². The smallest absolute Gasteiger partial charge is 0.0575 e. The molecule has 0 aromatic rings. The van der Waals surface area contributed by atoms with Gasteiger partial charge in [0.05, 0.1) is 6.10 Å². The summed E-state index contributed by atoms with van der Waals surface area (Å²) in [4.78, 5) is 0. The van der Waals surface area contributed by atoms with Crippen LogP contribution in [0, 0.1) is 17.8 Å². The Morgan fingerprint density at radius 3 is 1.88 bits per heavy atom. The molecule has 0 spiro atoms. The lowest BCUT2D eigenvalue weighted by atomic mass is 9.76. The van der Waals surface area contributed by atoms with E-state index in [-0.39, 0.29) is 0 Å². The summed E-state index contributed by atoms with van der Waals surface area (Å²) < 4.78 is 6.01. The lowest BCUT2D eigenvalue weighted by Gasteiger charge is -2.32. The number of allylic oxidation sites excluding steroid dienone is 1. The number of ether oxygens (including phenoxy) is 1. The summed E-state index contributed by atoms with van der Waals surface area (Å²) >= 11 is 0. The van der Waals surface area contributed by atoms with E-state index in [0.717, 1.165) is 24.4 Å². The van der Waals surface area contributed by atoms with Crippen molar-refractivity contribution in [3.8, 4) is 0 Å². The molecule has 0 saturated heterocycles. The molecular weight excluding hydrogens is 292 g/mol. The van der Waals surface area contributed by atoms with Crippen molar-refractivity contribution in [3.63, 3.8) is 0 Å². The first-order valence-corrected chi connectivity index (χ1v) is 11.0. The number of hydrogen-bond acceptors (Lipinski definition) is 1. The maximum Gasteiger partial charge on any atom is 0.0575 e. The van der Waals surface area contributed by atoms with Crippen molar-refractivity contribution >= 4 is 0 Å². The van der Waals surface area contributed by atoms with Crippen LogP contribution in [-0.2, 0) is 4.74 Å². The first kappa shape index (κ1) is 20.0. The van der Waals surface area contributed by atoms with Crippen molar-refractivity contribution in [1.82, 2.24) is 0 Å². The quantitative estimate of drug-likeness (QED) is 0.284. The fourth-order valence-electron chi connectivity index (χ4n) is 4.81. The van der Waals surface area contributed by atoms with E-state index in [0.29, 0.717) is 6.10 Å². The molecule has 1 heteroatoms. The standard InChI is InChI=1S/C23H42O/c1-3-5-7-8-20-9-11-21(12-10-20)13-14-22-15-17-23(18-16-22)24-19-6-4-2/h3,20-23H,1,4-19H2,2H3/t20-,21-,22-,23-. The molecule has 0 amide bonds. The Hall–Kier alpha value is -0.300. The summed E-state index contributed by atoms with van der Waals surface area (Å²) in [6.07, 6.45) is 23.7. The Morgan fingerprint density at radius 1 is 0.792 bits per heavy atom. The lowest BCUT2D eigenvalue weighted by molar-refractivity contribution is 0.0150. The maximum absolute atomic E-state index is 6.01. The molecule has 2 rings (SSSR count). The molecule has 0 unspecified atom stereocenters. The molecule has 2 aliphatic rings. The van der Waals surface area contributed by atoms with Crippen LogP contribution in [0.5, 0.6) is 0 Å². The van der Waals surface area contributed by atoms with Crippen LogP contribution >= 0.6 is 0 Å². The normalized spacial score (nSPS) is 31.0. The molecule has 0 heterocycles. The zero-order valence-corrected chi connectivity index (χ0v) is 16.3. The van der Waals surface area contributed by atoms with Crippen molar-refractivity contribution in [2.24, 2.45) is 17.8 Å². The second-order valence-electron chi connectivity index (χ2n) is 8.55. The molecule has 0 bridgehead atoms. The van der Waals surface area contributed by atoms with Crippen LogP contribution in [0.15, 0.2) is 12.7 Å². The minimum absolute atomic E-state index is 0.582. The van der Waals surface area contributed by atoms with Crippen LogP contribution in [0.4, 0.5) is 0 Å². The molecule has 2 saturated carbocycles. The van der Waals surface area contributed by atoms with Crippen LogP contribution in [0.2, 0.25) is 0 Å². The number of unbranched alkanes of at least 4 members (excludes halogenated alkanes) is 2. The predicted octanol–water partition coefficient (Wildman–Crippen LogP) is 7.30. The van der Waals surface area contributed by atoms with Crippen LogP contribution in [0.1, 0.15) is 103 Å². The molecule has 140 valence electrons. The first-order chi connectivity index (χ1) is 11.8. The molecule has 0 aromatic carbocycles. The van der Waals surface area contributed by atoms with Crippen molar-refractivity contribution < 1.29 is 4.74 Å². The Balaban J connectivity index is 1.50. The SMILES string of the molecule is C=CCCC[C@H]1CC[C@H](CC[C@H]2CC[C@H](OCCCC)CC2)CC1. The van der Waals surface area contributed by atoms with E-state index in [1.54, 1.807) is 0 Å². The van der Waals surface area contributed by atoms with Crippen molar-refractivity contribution in [3.05, 3.63) is 12.7 Å². The molecule has 2 aliphatic carbocycles. The van der Waals surface area contributed by atoms with Crippen LogP contribution in [-0.4, -0.2) is 12.7 Å². The summed E-state index contributed by atoms with van der Waals surface area (Å²) in [6.45, 7) is 7.07. The minimum atomic E-state index is 0.582. The number of rotatable bonds is 11. The average Bonchev–Trinajstić information content (AvgIpc) is 2.63. The first-order valence-electron chi connectivity index (χ1n) is 11.0. The number of hydrogen-bond donors (Lipinski definition) is 0. The summed E-state index contributed by atoms with van der Waals surface area (Å²) in [6, 6.07) is 0. The molecule has 0 aliphatic heterocycles. The van der Waals surface area contributed by atoms with Crippen molar-refractivity contribution in [2.45, 2.75) is 109 Å². The summed E-state index contributed by atoms with van der Waals surface area (Å²) in [7, 11) is 0. The second kappa shape index (κ2) is 12.1. The van der Waals surface area contributed by atoms with Crippen molar-refractivity contribution in [2.75, 3.05) is 6.61 Å². The van der Waals surface area contributed by atoms with Crippen LogP contribution in [0.3, 0.4) is 0 Å². The van der Waals surface area contributed by atoms with Crippen molar-refractivity contribution in [1.29, 1.82) is 0 Å². The zero-order valence-electron chi connectivity index (χ0n) is 16.3. The summed E-state index contributed by atoms with van der Waals surface area (Å²) in [5.41, 5.74) is 0. The van der Waals surface area contributed by atoms with E-state index in [2.05, 4.69) is 19.6 Å². The Bertz CT molecular complexity index is 308. The molecule has 0 N–H and O–H groups in total. The molecule has 1 nitrogen and oxygen atoms in total. The van der Waals surface area contributed by atoms with E-state index in [4.69, 9.17) is 4.74 Å². The van der Waals surface area contributed by atoms with Gasteiger partial charge in [-0.25, -0.2) is 0 Å². The van der Waals surface area contributed by atoms with Gasteiger partial charge in [-0.2, -0.15) is 0 Å². The van der Waals surface area contributed by atoms with Crippen LogP contribution in [0.25, 0.3) is 0 Å². The van der Waals surface area contributed by atoms with Gasteiger partial charge in [0.2, 0.25) is 0 Å². The van der Waals surface area contributed by atoms with E-state index in [1.807, 2.05) is 0 Å².